The summed E-state index contributed by atoms with van der Waals surface area (Å²) in [7, 11) is 0. The van der Waals surface area contributed by atoms with E-state index in [0.29, 0.717) is 5.69 Å². The minimum absolute atomic E-state index is 0.0589. The van der Waals surface area contributed by atoms with Crippen LogP contribution in [0.3, 0.4) is 0 Å². The third-order valence-electron chi connectivity index (χ3n) is 4.10. The number of aromatic nitrogens is 2. The van der Waals surface area contributed by atoms with Gasteiger partial charge in [0.1, 0.15) is 6.33 Å². The molecule has 9 nitrogen and oxygen atoms in total. The summed E-state index contributed by atoms with van der Waals surface area (Å²) in [5.41, 5.74) is 0.404. The zero-order valence-corrected chi connectivity index (χ0v) is 13.3. The Labute approximate surface area is 143 Å². The van der Waals surface area contributed by atoms with Crippen LogP contribution in [0.2, 0.25) is 0 Å². The molecule has 0 amide bonds. The maximum absolute atomic E-state index is 11.5. The van der Waals surface area contributed by atoms with Crippen molar-refractivity contribution in [3.63, 3.8) is 0 Å². The van der Waals surface area contributed by atoms with E-state index in [1.807, 2.05) is 0 Å². The highest BCUT2D eigenvalue weighted by Gasteiger charge is 2.26. The van der Waals surface area contributed by atoms with Crippen molar-refractivity contribution in [3.8, 4) is 0 Å². The second kappa shape index (κ2) is 7.12. The Bertz CT molecular complexity index is 788. The first-order chi connectivity index (χ1) is 12.0. The molecule has 0 radical (unpaired) electrons. The van der Waals surface area contributed by atoms with Gasteiger partial charge in [-0.15, -0.1) is 0 Å². The lowest BCUT2D eigenvalue weighted by Crippen LogP contribution is -2.17. The van der Waals surface area contributed by atoms with Gasteiger partial charge in [-0.25, -0.2) is 14.8 Å². The number of hydrogen-bond donors (Lipinski definition) is 3. The van der Waals surface area contributed by atoms with Gasteiger partial charge < -0.3 is 15.7 Å². The van der Waals surface area contributed by atoms with Crippen molar-refractivity contribution in [1.82, 2.24) is 9.97 Å². The highest BCUT2D eigenvalue weighted by atomic mass is 16.6. The van der Waals surface area contributed by atoms with Gasteiger partial charge in [0.15, 0.2) is 0 Å². The number of hydrogen-bond acceptors (Lipinski definition) is 7. The number of benzene rings is 1. The van der Waals surface area contributed by atoms with Crippen LogP contribution in [0, 0.1) is 10.1 Å². The lowest BCUT2D eigenvalue weighted by Gasteiger charge is -2.14. The largest absolute Gasteiger partial charge is 0.478 e. The van der Waals surface area contributed by atoms with Crippen molar-refractivity contribution in [2.24, 2.45) is 0 Å². The van der Waals surface area contributed by atoms with Gasteiger partial charge in [-0.2, -0.15) is 0 Å². The second-order valence-corrected chi connectivity index (χ2v) is 5.81. The zero-order chi connectivity index (χ0) is 17.8. The monoisotopic (exact) mass is 343 g/mol. The molecule has 3 N–H and O–H groups in total. The fraction of sp³-hybridized carbons (Fsp3) is 0.312. The van der Waals surface area contributed by atoms with E-state index in [9.17, 15) is 14.9 Å². The molecule has 130 valence electrons. The summed E-state index contributed by atoms with van der Waals surface area (Å²) < 4.78 is 0. The summed E-state index contributed by atoms with van der Waals surface area (Å²) in [5, 5.41) is 26.4. The van der Waals surface area contributed by atoms with Crippen molar-refractivity contribution >= 4 is 29.0 Å². The third-order valence-corrected chi connectivity index (χ3v) is 4.10. The van der Waals surface area contributed by atoms with Crippen molar-refractivity contribution in [2.45, 2.75) is 31.7 Å². The molecule has 0 unspecified atom stereocenters. The number of carbonyl (C=O) groups is 1. The van der Waals surface area contributed by atoms with Crippen LogP contribution in [0.5, 0.6) is 0 Å². The highest BCUT2D eigenvalue weighted by molar-refractivity contribution is 5.88. The molecule has 1 aromatic heterocycles. The summed E-state index contributed by atoms with van der Waals surface area (Å²) >= 11 is 0. The first kappa shape index (κ1) is 16.6. The zero-order valence-electron chi connectivity index (χ0n) is 13.3. The number of rotatable bonds is 6. The summed E-state index contributed by atoms with van der Waals surface area (Å²) in [5.74, 6) is -0.789. The molecule has 0 spiro atoms. The second-order valence-electron chi connectivity index (χ2n) is 5.81. The Morgan fingerprint density at radius 2 is 1.80 bits per heavy atom. The van der Waals surface area contributed by atoms with Gasteiger partial charge in [0.25, 0.3) is 0 Å². The summed E-state index contributed by atoms with van der Waals surface area (Å²) in [6, 6.07) is 6.06. The number of aromatic carboxylic acids is 1. The number of nitro groups is 1. The van der Waals surface area contributed by atoms with E-state index in [-0.39, 0.29) is 28.9 Å². The molecular formula is C16H17N5O4. The standard InChI is InChI=1S/C16H17N5O4/c22-16(23)10-5-7-12(8-6-10)20-15-13(21(24)25)14(17-9-18-15)19-11-3-1-2-4-11/h5-9,11H,1-4H2,(H,22,23)(H2,17,18,19,20). The molecule has 0 aliphatic heterocycles. The number of nitrogens with zero attached hydrogens (tertiary/aromatic N) is 3. The lowest BCUT2D eigenvalue weighted by atomic mass is 10.2. The average molecular weight is 343 g/mol. The van der Waals surface area contributed by atoms with Gasteiger partial charge >= 0.3 is 11.7 Å². The van der Waals surface area contributed by atoms with Crippen LogP contribution in [0.25, 0.3) is 0 Å². The van der Waals surface area contributed by atoms with Gasteiger partial charge in [0.2, 0.25) is 11.6 Å². The Kier molecular flexibility index (Phi) is 4.73. The van der Waals surface area contributed by atoms with Gasteiger partial charge in [0.05, 0.1) is 10.5 Å². The molecule has 0 saturated heterocycles. The molecule has 1 aliphatic rings. The predicted molar refractivity (Wildman–Crippen MR) is 91.2 cm³/mol. The van der Waals surface area contributed by atoms with Crippen LogP contribution >= 0.6 is 0 Å². The summed E-state index contributed by atoms with van der Waals surface area (Å²) in [6.07, 6.45) is 5.37. The quantitative estimate of drug-likeness (QED) is 0.538. The van der Waals surface area contributed by atoms with E-state index in [1.165, 1.54) is 30.6 Å². The first-order valence-corrected chi connectivity index (χ1v) is 7.91. The molecule has 0 atom stereocenters. The minimum atomic E-state index is -1.04. The molecule has 1 heterocycles. The van der Waals surface area contributed by atoms with E-state index >= 15 is 0 Å². The van der Waals surface area contributed by atoms with Crippen LogP contribution in [0.4, 0.5) is 23.0 Å². The van der Waals surface area contributed by atoms with E-state index in [0.717, 1.165) is 25.7 Å². The Hall–Kier alpha value is -3.23. The van der Waals surface area contributed by atoms with Gasteiger partial charge in [-0.1, -0.05) is 12.8 Å². The van der Waals surface area contributed by atoms with E-state index in [2.05, 4.69) is 20.6 Å². The van der Waals surface area contributed by atoms with E-state index in [1.54, 1.807) is 0 Å². The molecule has 1 aromatic carbocycles. The molecule has 0 bridgehead atoms. The molecule has 25 heavy (non-hydrogen) atoms. The Balaban J connectivity index is 1.87. The van der Waals surface area contributed by atoms with E-state index < -0.39 is 10.9 Å². The minimum Gasteiger partial charge on any atom is -0.478 e. The fourth-order valence-corrected chi connectivity index (χ4v) is 2.85. The normalized spacial score (nSPS) is 14.2. The van der Waals surface area contributed by atoms with Crippen LogP contribution < -0.4 is 10.6 Å². The number of anilines is 3. The van der Waals surface area contributed by atoms with Crippen LogP contribution in [-0.2, 0) is 0 Å². The van der Waals surface area contributed by atoms with Gasteiger partial charge in [-0.3, -0.25) is 10.1 Å². The van der Waals surface area contributed by atoms with Crippen molar-refractivity contribution in [2.75, 3.05) is 10.6 Å². The van der Waals surface area contributed by atoms with Crippen LogP contribution in [-0.4, -0.2) is 32.0 Å². The topological polar surface area (TPSA) is 130 Å². The Morgan fingerprint density at radius 3 is 2.40 bits per heavy atom. The molecule has 9 heteroatoms. The smallest absolute Gasteiger partial charge is 0.353 e. The SMILES string of the molecule is O=C(O)c1ccc(Nc2ncnc(NC3CCCC3)c2[N+](=O)[O-])cc1. The summed E-state index contributed by atoms with van der Waals surface area (Å²) in [4.78, 5) is 29.9. The maximum atomic E-state index is 11.5. The molecule has 2 aromatic rings. The lowest BCUT2D eigenvalue weighted by molar-refractivity contribution is -0.383. The molecule has 1 saturated carbocycles. The van der Waals surface area contributed by atoms with Crippen LogP contribution in [0.15, 0.2) is 30.6 Å². The molecule has 3 rings (SSSR count). The third kappa shape index (κ3) is 3.82. The Morgan fingerprint density at radius 1 is 1.16 bits per heavy atom. The first-order valence-electron chi connectivity index (χ1n) is 7.91. The fourth-order valence-electron chi connectivity index (χ4n) is 2.85. The number of nitrogens with one attached hydrogen (secondary N) is 2. The van der Waals surface area contributed by atoms with Crippen molar-refractivity contribution in [3.05, 3.63) is 46.3 Å². The molecule has 1 aliphatic carbocycles. The predicted octanol–water partition coefficient (Wildman–Crippen LogP) is 3.18. The molecular weight excluding hydrogens is 326 g/mol. The molecule has 1 fully saturated rings. The maximum Gasteiger partial charge on any atom is 0.353 e. The van der Waals surface area contributed by atoms with Crippen LogP contribution in [0.1, 0.15) is 36.0 Å². The van der Waals surface area contributed by atoms with E-state index in [4.69, 9.17) is 5.11 Å². The van der Waals surface area contributed by atoms with Gasteiger partial charge in [-0.05, 0) is 37.1 Å². The van der Waals surface area contributed by atoms with Gasteiger partial charge in [0, 0.05) is 11.7 Å². The number of carboxylic acids is 1. The van der Waals surface area contributed by atoms with Crippen molar-refractivity contribution < 1.29 is 14.8 Å². The highest BCUT2D eigenvalue weighted by Crippen LogP contribution is 2.33. The average Bonchev–Trinajstić information content (AvgIpc) is 3.08. The number of carboxylic acid groups (broad SMARTS) is 1. The summed E-state index contributed by atoms with van der Waals surface area (Å²) in [6.45, 7) is 0. The van der Waals surface area contributed by atoms with Crippen molar-refractivity contribution in [1.29, 1.82) is 0 Å².